The first-order chi connectivity index (χ1) is 17.9. The molecule has 1 aromatic carbocycles. The van der Waals surface area contributed by atoms with Crippen LogP contribution in [0.5, 0.6) is 11.6 Å². The Kier molecular flexibility index (Phi) is 8.10. The van der Waals surface area contributed by atoms with Crippen LogP contribution in [0.1, 0.15) is 26.2 Å². The third-order valence-corrected chi connectivity index (χ3v) is 7.38. The van der Waals surface area contributed by atoms with Crippen LogP contribution in [0.25, 0.3) is 0 Å². The maximum atomic E-state index is 15.1. The number of carboxylic acids is 1. The Morgan fingerprint density at radius 1 is 1.21 bits per heavy atom. The summed E-state index contributed by atoms with van der Waals surface area (Å²) in [5.74, 6) is -5.95. The van der Waals surface area contributed by atoms with Crippen LogP contribution in [-0.4, -0.2) is 61.1 Å². The first kappa shape index (κ1) is 28.0. The van der Waals surface area contributed by atoms with Gasteiger partial charge in [-0.15, -0.1) is 0 Å². The van der Waals surface area contributed by atoms with Crippen molar-refractivity contribution < 1.29 is 41.3 Å². The highest BCUT2D eigenvalue weighted by Crippen LogP contribution is 2.42. The van der Waals surface area contributed by atoms with Gasteiger partial charge in [-0.2, -0.15) is 17.6 Å². The minimum atomic E-state index is -4.58. The summed E-state index contributed by atoms with van der Waals surface area (Å²) in [4.78, 5) is 18.3. The fourth-order valence-corrected chi connectivity index (χ4v) is 5.35. The number of carbonyl (C=O) groups is 1. The molecule has 2 aromatic rings. The Balaban J connectivity index is 1.49. The van der Waals surface area contributed by atoms with Gasteiger partial charge in [-0.3, -0.25) is 4.79 Å². The van der Waals surface area contributed by atoms with Crippen LogP contribution in [0.3, 0.4) is 0 Å². The van der Waals surface area contributed by atoms with E-state index in [1.54, 1.807) is 6.07 Å². The van der Waals surface area contributed by atoms with Crippen molar-refractivity contribution in [3.63, 3.8) is 0 Å². The van der Waals surface area contributed by atoms with Crippen LogP contribution < -0.4 is 19.3 Å². The van der Waals surface area contributed by atoms with Crippen molar-refractivity contribution in [3.8, 4) is 11.6 Å². The molecule has 208 valence electrons. The summed E-state index contributed by atoms with van der Waals surface area (Å²) in [6.07, 6.45) is -4.24. The van der Waals surface area contributed by atoms with Crippen LogP contribution >= 0.6 is 11.6 Å². The lowest BCUT2D eigenvalue weighted by atomic mass is 9.96. The molecule has 2 aliphatic rings. The summed E-state index contributed by atoms with van der Waals surface area (Å²) in [6, 6.07) is 2.91. The van der Waals surface area contributed by atoms with E-state index in [-0.39, 0.29) is 11.7 Å². The number of pyridine rings is 1. The topological polar surface area (TPSA) is 75.1 Å². The van der Waals surface area contributed by atoms with E-state index in [1.807, 2.05) is 11.8 Å². The number of halogens is 6. The van der Waals surface area contributed by atoms with Crippen LogP contribution in [0.2, 0.25) is 5.02 Å². The molecule has 7 nitrogen and oxygen atoms in total. The molecule has 2 aliphatic heterocycles. The number of hydrogen-bond donors (Lipinski definition) is 1. The largest absolute Gasteiger partial charge is 0.487 e. The number of ether oxygens (including phenoxy) is 2. The lowest BCUT2D eigenvalue weighted by Gasteiger charge is -2.38. The van der Waals surface area contributed by atoms with Gasteiger partial charge in [-0.25, -0.2) is 9.37 Å². The van der Waals surface area contributed by atoms with E-state index >= 15 is 8.78 Å². The number of piperidine rings is 1. The van der Waals surface area contributed by atoms with Gasteiger partial charge in [-0.05, 0) is 18.6 Å². The van der Waals surface area contributed by atoms with Crippen molar-refractivity contribution in [3.05, 3.63) is 41.1 Å². The minimum Gasteiger partial charge on any atom is -0.487 e. The van der Waals surface area contributed by atoms with E-state index in [2.05, 4.69) is 4.98 Å². The summed E-state index contributed by atoms with van der Waals surface area (Å²) in [5.41, 5.74) is 0.307. The van der Waals surface area contributed by atoms with Gasteiger partial charge >= 0.3 is 12.1 Å². The summed E-state index contributed by atoms with van der Waals surface area (Å²) in [6.45, 7) is 2.25. The number of methoxy groups -OCH3 is 1. The van der Waals surface area contributed by atoms with Gasteiger partial charge in [0.05, 0.1) is 42.0 Å². The van der Waals surface area contributed by atoms with Crippen molar-refractivity contribution in [2.45, 2.75) is 44.5 Å². The van der Waals surface area contributed by atoms with Crippen LogP contribution in [0.4, 0.5) is 33.3 Å². The van der Waals surface area contributed by atoms with E-state index < -0.39 is 66.9 Å². The molecule has 2 unspecified atom stereocenters. The molecule has 0 saturated carbocycles. The highest BCUT2D eigenvalue weighted by molar-refractivity contribution is 6.33. The molecular formula is C25H27ClF5N3O4. The van der Waals surface area contributed by atoms with Gasteiger partial charge < -0.3 is 24.4 Å². The number of aromatic nitrogens is 1. The maximum Gasteiger partial charge on any atom is 0.393 e. The lowest BCUT2D eigenvalue weighted by molar-refractivity contribution is -0.169. The zero-order chi connectivity index (χ0) is 27.8. The van der Waals surface area contributed by atoms with E-state index in [0.29, 0.717) is 30.4 Å². The highest BCUT2D eigenvalue weighted by atomic mass is 35.5. The summed E-state index contributed by atoms with van der Waals surface area (Å²) in [5, 5.41) is 9.56. The Labute approximate surface area is 221 Å². The first-order valence-corrected chi connectivity index (χ1v) is 12.4. The molecule has 0 amide bonds. The van der Waals surface area contributed by atoms with Crippen molar-refractivity contribution in [1.82, 2.24) is 4.98 Å². The van der Waals surface area contributed by atoms with Crippen LogP contribution in [0.15, 0.2) is 24.4 Å². The standard InChI is InChI=1S/C25H27ClF5N3O4/c1-13-11-33(18-9-21(37-2)32-10-16(18)26)6-5-19(13)38-20-4-3-17(23(27)24(20)28)34-12-14(25(29,30)31)7-15(34)8-22(35)36/h3-4,9-10,13-15,19H,5-8,11-12H2,1-2H3,(H,35,36)/t13?,14-,15-,19?/m1/s1. The van der Waals surface area contributed by atoms with Gasteiger partial charge in [0, 0.05) is 44.1 Å². The number of rotatable bonds is 7. The predicted octanol–water partition coefficient (Wildman–Crippen LogP) is 5.55. The number of hydrogen-bond acceptors (Lipinski definition) is 6. The molecule has 2 fully saturated rings. The van der Waals surface area contributed by atoms with E-state index in [9.17, 15) is 18.0 Å². The first-order valence-electron chi connectivity index (χ1n) is 12.0. The number of aliphatic carboxylic acids is 1. The average Bonchev–Trinajstić information content (AvgIpc) is 3.27. The Morgan fingerprint density at radius 2 is 1.95 bits per heavy atom. The summed E-state index contributed by atoms with van der Waals surface area (Å²) in [7, 11) is 1.49. The normalized spacial score (nSPS) is 24.0. The van der Waals surface area contributed by atoms with Crippen LogP contribution in [0, 0.1) is 23.5 Å². The number of alkyl halides is 3. The molecule has 0 radical (unpaired) electrons. The third kappa shape index (κ3) is 5.84. The van der Waals surface area contributed by atoms with E-state index in [1.165, 1.54) is 19.4 Å². The van der Waals surface area contributed by atoms with Crippen molar-refractivity contribution in [2.75, 3.05) is 36.5 Å². The molecule has 2 saturated heterocycles. The zero-order valence-electron chi connectivity index (χ0n) is 20.6. The Morgan fingerprint density at radius 3 is 2.58 bits per heavy atom. The van der Waals surface area contributed by atoms with Crippen molar-refractivity contribution in [2.24, 2.45) is 11.8 Å². The van der Waals surface area contributed by atoms with Gasteiger partial charge in [0.1, 0.15) is 6.10 Å². The molecule has 0 aliphatic carbocycles. The fourth-order valence-electron chi connectivity index (χ4n) is 5.12. The second kappa shape index (κ2) is 11.0. The van der Waals surface area contributed by atoms with Crippen LogP contribution in [-0.2, 0) is 4.79 Å². The predicted molar refractivity (Wildman–Crippen MR) is 130 cm³/mol. The molecule has 4 rings (SSSR count). The number of nitrogens with zero attached hydrogens (tertiary/aromatic N) is 3. The van der Waals surface area contributed by atoms with Gasteiger partial charge in [0.15, 0.2) is 11.6 Å². The molecule has 4 atom stereocenters. The quantitative estimate of drug-likeness (QED) is 0.443. The maximum absolute atomic E-state index is 15.1. The molecule has 0 bridgehead atoms. The number of benzene rings is 1. The fraction of sp³-hybridized carbons (Fsp3) is 0.520. The number of anilines is 2. The summed E-state index contributed by atoms with van der Waals surface area (Å²) >= 11 is 6.30. The monoisotopic (exact) mass is 563 g/mol. The third-order valence-electron chi connectivity index (χ3n) is 7.09. The van der Waals surface area contributed by atoms with E-state index in [0.717, 1.165) is 16.7 Å². The summed E-state index contributed by atoms with van der Waals surface area (Å²) < 4.78 is 81.1. The lowest BCUT2D eigenvalue weighted by Crippen LogP contribution is -2.44. The molecule has 0 spiro atoms. The van der Waals surface area contributed by atoms with Gasteiger partial charge in [0.25, 0.3) is 0 Å². The van der Waals surface area contributed by atoms with Crippen molar-refractivity contribution >= 4 is 28.9 Å². The second-order valence-corrected chi connectivity index (χ2v) is 10.0. The molecule has 3 heterocycles. The SMILES string of the molecule is COc1cc(N2CCC(Oc3ccc(N4C[C@H](C(F)(F)F)C[C@@H]4CC(=O)O)c(F)c3F)C(C)C2)c(Cl)cn1. The second-order valence-electron chi connectivity index (χ2n) is 9.64. The minimum absolute atomic E-state index is 0.118. The number of carboxylic acid groups (broad SMARTS) is 1. The molecule has 1 N–H and O–H groups in total. The molecular weight excluding hydrogens is 537 g/mol. The smallest absolute Gasteiger partial charge is 0.393 e. The average molecular weight is 564 g/mol. The highest BCUT2D eigenvalue weighted by Gasteiger charge is 2.48. The Hall–Kier alpha value is -3.02. The van der Waals surface area contributed by atoms with Gasteiger partial charge in [-0.1, -0.05) is 18.5 Å². The van der Waals surface area contributed by atoms with E-state index in [4.69, 9.17) is 26.2 Å². The Bertz CT molecular complexity index is 1180. The van der Waals surface area contributed by atoms with Gasteiger partial charge in [0.2, 0.25) is 11.7 Å². The molecule has 1 aromatic heterocycles. The molecule has 38 heavy (non-hydrogen) atoms. The molecule has 13 heteroatoms. The zero-order valence-corrected chi connectivity index (χ0v) is 21.4. The van der Waals surface area contributed by atoms with Crippen molar-refractivity contribution in [1.29, 1.82) is 0 Å².